The second kappa shape index (κ2) is 7.07. The predicted molar refractivity (Wildman–Crippen MR) is 90.8 cm³/mol. The first-order chi connectivity index (χ1) is 12.6. The Bertz CT molecular complexity index is 918. The van der Waals surface area contributed by atoms with Gasteiger partial charge in [-0.25, -0.2) is 14.6 Å². The van der Waals surface area contributed by atoms with E-state index in [1.54, 1.807) is 0 Å². The predicted octanol–water partition coefficient (Wildman–Crippen LogP) is 4.04. The number of alkyl halides is 3. The maximum atomic E-state index is 12.7. The van der Waals surface area contributed by atoms with E-state index in [2.05, 4.69) is 10.3 Å². The lowest BCUT2D eigenvalue weighted by atomic mass is 10.0. The van der Waals surface area contributed by atoms with E-state index in [0.717, 1.165) is 23.8 Å². The number of fused-ring (bicyclic) bond motifs is 1. The van der Waals surface area contributed by atoms with Gasteiger partial charge in [0, 0.05) is 25.0 Å². The number of halogens is 4. The first-order valence-electron chi connectivity index (χ1n) is 7.79. The Morgan fingerprint density at radius 3 is 2.59 bits per heavy atom. The van der Waals surface area contributed by atoms with Crippen molar-refractivity contribution in [3.05, 3.63) is 57.9 Å². The zero-order valence-electron chi connectivity index (χ0n) is 13.7. The fourth-order valence-corrected chi connectivity index (χ4v) is 3.04. The molecule has 1 aromatic carbocycles. The summed E-state index contributed by atoms with van der Waals surface area (Å²) in [5, 5.41) is 11.0. The van der Waals surface area contributed by atoms with Crippen LogP contribution in [0, 0.1) is 0 Å². The lowest BCUT2D eigenvalue weighted by Crippen LogP contribution is -2.39. The molecule has 0 fully saturated rings. The Hall–Kier alpha value is -2.81. The third-order valence-corrected chi connectivity index (χ3v) is 4.44. The Kier molecular flexibility index (Phi) is 4.97. The highest BCUT2D eigenvalue weighted by Gasteiger charge is 2.33. The number of rotatable bonds is 2. The topological polar surface area (TPSA) is 82.5 Å². The molecule has 2 N–H and O–H groups in total. The van der Waals surface area contributed by atoms with Gasteiger partial charge in [0.25, 0.3) is 0 Å². The highest BCUT2D eigenvalue weighted by atomic mass is 35.5. The lowest BCUT2D eigenvalue weighted by Gasteiger charge is -2.29. The van der Waals surface area contributed by atoms with Crippen LogP contribution in [0.25, 0.3) is 0 Å². The molecule has 0 saturated heterocycles. The summed E-state index contributed by atoms with van der Waals surface area (Å²) in [6.07, 6.45) is -2.72. The molecule has 6 nitrogen and oxygen atoms in total. The zero-order valence-corrected chi connectivity index (χ0v) is 14.4. The van der Waals surface area contributed by atoms with E-state index < -0.39 is 28.8 Å². The summed E-state index contributed by atoms with van der Waals surface area (Å²) in [5.74, 6) is -1.13. The minimum Gasteiger partial charge on any atom is -0.477 e. The molecule has 2 amide bonds. The van der Waals surface area contributed by atoms with Crippen LogP contribution in [-0.4, -0.2) is 33.5 Å². The van der Waals surface area contributed by atoms with Crippen LogP contribution in [0.5, 0.6) is 0 Å². The van der Waals surface area contributed by atoms with E-state index in [-0.39, 0.29) is 17.9 Å². The molecule has 1 aromatic heterocycles. The molecule has 10 heteroatoms. The smallest absolute Gasteiger partial charge is 0.417 e. The zero-order chi connectivity index (χ0) is 19.8. The van der Waals surface area contributed by atoms with Crippen molar-refractivity contribution in [1.29, 1.82) is 0 Å². The molecular formula is C17H13ClF3N3O3. The van der Waals surface area contributed by atoms with Crippen LogP contribution in [0.1, 0.15) is 27.2 Å². The number of nitrogens with one attached hydrogen (secondary N) is 1. The van der Waals surface area contributed by atoms with Crippen molar-refractivity contribution in [2.75, 3.05) is 11.9 Å². The van der Waals surface area contributed by atoms with Gasteiger partial charge in [-0.3, -0.25) is 0 Å². The number of hydrogen-bond donors (Lipinski definition) is 2. The Morgan fingerprint density at radius 2 is 1.96 bits per heavy atom. The van der Waals surface area contributed by atoms with Crippen molar-refractivity contribution in [1.82, 2.24) is 9.88 Å². The molecular weight excluding hydrogens is 387 g/mol. The summed E-state index contributed by atoms with van der Waals surface area (Å²) in [6.45, 7) is 0.540. The largest absolute Gasteiger partial charge is 0.477 e. The summed E-state index contributed by atoms with van der Waals surface area (Å²) >= 11 is 5.65. The third-order valence-electron chi connectivity index (χ3n) is 4.13. The molecule has 3 rings (SSSR count). The fraction of sp³-hybridized carbons (Fsp3) is 0.235. The number of benzene rings is 1. The van der Waals surface area contributed by atoms with E-state index in [0.29, 0.717) is 18.5 Å². The van der Waals surface area contributed by atoms with Gasteiger partial charge in [-0.15, -0.1) is 0 Å². The number of anilines is 1. The van der Waals surface area contributed by atoms with Crippen LogP contribution in [0.15, 0.2) is 30.5 Å². The van der Waals surface area contributed by atoms with E-state index in [4.69, 9.17) is 16.7 Å². The van der Waals surface area contributed by atoms with Crippen molar-refractivity contribution in [2.45, 2.75) is 19.1 Å². The average molecular weight is 400 g/mol. The minimum atomic E-state index is -4.57. The van der Waals surface area contributed by atoms with Crippen LogP contribution in [0.2, 0.25) is 5.02 Å². The van der Waals surface area contributed by atoms with E-state index in [1.807, 2.05) is 0 Å². The van der Waals surface area contributed by atoms with Gasteiger partial charge in [0.15, 0.2) is 0 Å². The third kappa shape index (κ3) is 4.13. The van der Waals surface area contributed by atoms with E-state index >= 15 is 0 Å². The Labute approximate surface area is 156 Å². The molecule has 2 heterocycles. The second-order valence-corrected chi connectivity index (χ2v) is 6.34. The summed E-state index contributed by atoms with van der Waals surface area (Å²) < 4.78 is 38.2. The second-order valence-electron chi connectivity index (χ2n) is 5.94. The van der Waals surface area contributed by atoms with Gasteiger partial charge in [-0.1, -0.05) is 11.6 Å². The van der Waals surface area contributed by atoms with Gasteiger partial charge < -0.3 is 15.3 Å². The number of nitrogens with zero attached hydrogens (tertiary/aromatic N) is 2. The van der Waals surface area contributed by atoms with Gasteiger partial charge in [0.1, 0.15) is 5.69 Å². The molecule has 0 spiro atoms. The van der Waals surface area contributed by atoms with Crippen molar-refractivity contribution >= 4 is 29.3 Å². The first-order valence-corrected chi connectivity index (χ1v) is 8.16. The number of carbonyl (C=O) groups excluding carboxylic acids is 1. The molecule has 0 atom stereocenters. The Morgan fingerprint density at radius 1 is 1.22 bits per heavy atom. The SMILES string of the molecule is O=C(O)c1cc2c(cn1)CN(C(=O)Nc1ccc(C(F)(F)F)c(Cl)c1)CC2. The maximum Gasteiger partial charge on any atom is 0.417 e. The molecule has 0 aliphatic carbocycles. The summed E-state index contributed by atoms with van der Waals surface area (Å²) in [7, 11) is 0. The highest BCUT2D eigenvalue weighted by molar-refractivity contribution is 6.31. The van der Waals surface area contributed by atoms with Gasteiger partial charge in [0.05, 0.1) is 10.6 Å². The summed E-state index contributed by atoms with van der Waals surface area (Å²) in [4.78, 5) is 28.6. The number of aromatic carboxylic acids is 1. The molecule has 142 valence electrons. The standard InChI is InChI=1S/C17H13ClF3N3O3/c18-13-6-11(1-2-12(13)17(19,20)21)23-16(27)24-4-3-9-5-14(15(25)26)22-7-10(9)8-24/h1-2,5-7H,3-4,8H2,(H,23,27)(H,25,26). The van der Waals surface area contributed by atoms with Crippen molar-refractivity contribution in [2.24, 2.45) is 0 Å². The average Bonchev–Trinajstić information content (AvgIpc) is 2.59. The number of pyridine rings is 1. The van der Waals surface area contributed by atoms with Gasteiger partial charge in [0.2, 0.25) is 0 Å². The lowest BCUT2D eigenvalue weighted by molar-refractivity contribution is -0.137. The maximum absolute atomic E-state index is 12.7. The molecule has 0 saturated carbocycles. The van der Waals surface area contributed by atoms with Crippen molar-refractivity contribution in [3.63, 3.8) is 0 Å². The van der Waals surface area contributed by atoms with Crippen molar-refractivity contribution < 1.29 is 27.9 Å². The van der Waals surface area contributed by atoms with E-state index in [9.17, 15) is 22.8 Å². The minimum absolute atomic E-state index is 0.0638. The number of carboxylic acid groups (broad SMARTS) is 1. The number of urea groups is 1. The van der Waals surface area contributed by atoms with Crippen LogP contribution in [0.4, 0.5) is 23.7 Å². The molecule has 0 radical (unpaired) electrons. The number of hydrogen-bond acceptors (Lipinski definition) is 3. The highest BCUT2D eigenvalue weighted by Crippen LogP contribution is 2.36. The monoisotopic (exact) mass is 399 g/mol. The molecule has 1 aliphatic heterocycles. The first kappa shape index (κ1) is 19.0. The number of carbonyl (C=O) groups is 2. The van der Waals surface area contributed by atoms with Crippen LogP contribution >= 0.6 is 11.6 Å². The Balaban J connectivity index is 1.71. The summed E-state index contributed by atoms with van der Waals surface area (Å²) in [5.41, 5.74) is 0.611. The number of amides is 2. The number of aromatic nitrogens is 1. The van der Waals surface area contributed by atoms with Crippen LogP contribution < -0.4 is 5.32 Å². The molecule has 0 bridgehead atoms. The van der Waals surface area contributed by atoms with E-state index in [1.165, 1.54) is 17.2 Å². The quantitative estimate of drug-likeness (QED) is 0.798. The van der Waals surface area contributed by atoms with Gasteiger partial charge in [-0.2, -0.15) is 13.2 Å². The van der Waals surface area contributed by atoms with Crippen LogP contribution in [-0.2, 0) is 19.1 Å². The molecule has 27 heavy (non-hydrogen) atoms. The molecule has 2 aromatic rings. The normalized spacial score (nSPS) is 13.9. The summed E-state index contributed by atoms with van der Waals surface area (Å²) in [6, 6.07) is 3.95. The van der Waals surface area contributed by atoms with Gasteiger partial charge in [-0.05, 0) is 41.8 Å². The van der Waals surface area contributed by atoms with Crippen molar-refractivity contribution in [3.8, 4) is 0 Å². The fourth-order valence-electron chi connectivity index (χ4n) is 2.76. The van der Waals surface area contributed by atoms with Gasteiger partial charge >= 0.3 is 18.2 Å². The molecule has 0 unspecified atom stereocenters. The molecule has 1 aliphatic rings. The van der Waals surface area contributed by atoms with Crippen LogP contribution in [0.3, 0.4) is 0 Å². The number of carboxylic acids is 1.